The Morgan fingerprint density at radius 2 is 1.95 bits per heavy atom. The maximum absolute atomic E-state index is 12.0. The Labute approximate surface area is 150 Å². The van der Waals surface area contributed by atoms with Gasteiger partial charge in [-0.25, -0.2) is 0 Å². The van der Waals surface area contributed by atoms with Crippen molar-refractivity contribution < 1.29 is 9.72 Å². The largest absolute Gasteiger partial charge is 0.324 e. The molecule has 2 rings (SSSR count). The zero-order chi connectivity index (χ0) is 16.3. The van der Waals surface area contributed by atoms with Crippen molar-refractivity contribution in [2.75, 3.05) is 5.32 Å². The molecule has 0 unspecified atom stereocenters. The minimum absolute atomic E-state index is 0.0712. The molecule has 0 fully saturated rings. The van der Waals surface area contributed by atoms with Gasteiger partial charge in [-0.15, -0.1) is 0 Å². The smallest absolute Gasteiger partial charge is 0.271 e. The van der Waals surface area contributed by atoms with Crippen molar-refractivity contribution in [3.05, 3.63) is 48.1 Å². The molecule has 0 radical (unpaired) electrons. The molecule has 116 valence electrons. The lowest BCUT2D eigenvalue weighted by Crippen LogP contribution is -2.15. The van der Waals surface area contributed by atoms with Gasteiger partial charge in [-0.3, -0.25) is 19.6 Å². The molecule has 0 aliphatic heterocycles. The predicted octanol–water partition coefficient (Wildman–Crippen LogP) is 4.11. The first kappa shape index (κ1) is 17.1. The molecule has 7 nitrogen and oxygen atoms in total. The van der Waals surface area contributed by atoms with Crippen molar-refractivity contribution in [1.29, 1.82) is 0 Å². The minimum Gasteiger partial charge on any atom is -0.324 e. The van der Waals surface area contributed by atoms with E-state index in [1.165, 1.54) is 12.1 Å². The average Bonchev–Trinajstić information content (AvgIpc) is 2.86. The van der Waals surface area contributed by atoms with Gasteiger partial charge in [0.1, 0.15) is 0 Å². The second-order valence-corrected chi connectivity index (χ2v) is 6.89. The standard InChI is InChI=1S/C12H9Br3N4O3/c13-7-5-16-18(6-7)2-1-11(20)17-12-9(14)3-8(19(21)22)4-10(12)15/h3-6H,1-2H2,(H,17,20). The van der Waals surface area contributed by atoms with Gasteiger partial charge in [-0.2, -0.15) is 5.10 Å². The molecule has 2 aromatic rings. The summed E-state index contributed by atoms with van der Waals surface area (Å²) in [6.45, 7) is 0.430. The fourth-order valence-electron chi connectivity index (χ4n) is 1.66. The number of aryl methyl sites for hydroxylation is 1. The van der Waals surface area contributed by atoms with Crippen molar-refractivity contribution in [3.8, 4) is 0 Å². The Bertz CT molecular complexity index is 709. The third kappa shape index (κ3) is 4.37. The van der Waals surface area contributed by atoms with Gasteiger partial charge in [0.15, 0.2) is 0 Å². The summed E-state index contributed by atoms with van der Waals surface area (Å²) in [7, 11) is 0. The molecule has 1 N–H and O–H groups in total. The lowest BCUT2D eigenvalue weighted by molar-refractivity contribution is -0.385. The van der Waals surface area contributed by atoms with Crippen LogP contribution in [0.3, 0.4) is 0 Å². The van der Waals surface area contributed by atoms with E-state index in [1.54, 1.807) is 17.1 Å². The first-order valence-electron chi connectivity index (χ1n) is 5.98. The number of carbonyl (C=O) groups is 1. The van der Waals surface area contributed by atoms with Gasteiger partial charge in [0.25, 0.3) is 5.69 Å². The van der Waals surface area contributed by atoms with Crippen LogP contribution in [0.15, 0.2) is 37.9 Å². The molecule has 1 aromatic carbocycles. The molecule has 0 saturated heterocycles. The number of halogens is 3. The second-order valence-electron chi connectivity index (χ2n) is 4.26. The summed E-state index contributed by atoms with van der Waals surface area (Å²) in [4.78, 5) is 22.2. The zero-order valence-electron chi connectivity index (χ0n) is 10.9. The van der Waals surface area contributed by atoms with Crippen molar-refractivity contribution >= 4 is 65.1 Å². The van der Waals surface area contributed by atoms with Crippen LogP contribution in [0.4, 0.5) is 11.4 Å². The number of nitrogens with zero attached hydrogens (tertiary/aromatic N) is 3. The SMILES string of the molecule is O=C(CCn1cc(Br)cn1)Nc1c(Br)cc([N+](=O)[O-])cc1Br. The number of nitro groups is 1. The van der Waals surface area contributed by atoms with E-state index < -0.39 is 4.92 Å². The Morgan fingerprint density at radius 1 is 1.32 bits per heavy atom. The summed E-state index contributed by atoms with van der Waals surface area (Å²) in [5.74, 6) is -0.220. The number of aromatic nitrogens is 2. The van der Waals surface area contributed by atoms with Crippen LogP contribution in [0, 0.1) is 10.1 Å². The van der Waals surface area contributed by atoms with Gasteiger partial charge >= 0.3 is 0 Å². The van der Waals surface area contributed by atoms with Gasteiger partial charge < -0.3 is 5.32 Å². The van der Waals surface area contributed by atoms with Crippen LogP contribution in [-0.2, 0) is 11.3 Å². The van der Waals surface area contributed by atoms with E-state index >= 15 is 0 Å². The Balaban J connectivity index is 2.03. The number of hydrogen-bond donors (Lipinski definition) is 1. The van der Waals surface area contributed by atoms with Crippen LogP contribution in [0.1, 0.15) is 6.42 Å². The van der Waals surface area contributed by atoms with E-state index in [0.29, 0.717) is 21.2 Å². The topological polar surface area (TPSA) is 90.1 Å². The summed E-state index contributed by atoms with van der Waals surface area (Å²) in [6.07, 6.45) is 3.64. The Hall–Kier alpha value is -1.26. The van der Waals surface area contributed by atoms with E-state index in [2.05, 4.69) is 58.2 Å². The predicted molar refractivity (Wildman–Crippen MR) is 91.7 cm³/mol. The molecule has 10 heteroatoms. The van der Waals surface area contributed by atoms with Crippen LogP contribution < -0.4 is 5.32 Å². The Morgan fingerprint density at radius 3 is 2.45 bits per heavy atom. The molecule has 1 amide bonds. The molecule has 0 bridgehead atoms. The van der Waals surface area contributed by atoms with Gasteiger partial charge in [0.2, 0.25) is 5.91 Å². The highest BCUT2D eigenvalue weighted by Crippen LogP contribution is 2.35. The fraction of sp³-hybridized carbons (Fsp3) is 0.167. The number of rotatable bonds is 5. The number of anilines is 1. The van der Waals surface area contributed by atoms with Gasteiger partial charge in [0.05, 0.1) is 21.3 Å². The minimum atomic E-state index is -0.503. The lowest BCUT2D eigenvalue weighted by atomic mass is 10.2. The zero-order valence-corrected chi connectivity index (χ0v) is 15.7. The number of amides is 1. The van der Waals surface area contributed by atoms with E-state index in [-0.39, 0.29) is 18.0 Å². The second kappa shape index (κ2) is 7.34. The third-order valence-electron chi connectivity index (χ3n) is 2.67. The fourth-order valence-corrected chi connectivity index (χ4v) is 3.35. The molecule has 0 saturated carbocycles. The number of nitro benzene ring substituents is 1. The molecule has 1 aromatic heterocycles. The summed E-state index contributed by atoms with van der Waals surface area (Å²) >= 11 is 9.72. The quantitative estimate of drug-likeness (QED) is 0.498. The van der Waals surface area contributed by atoms with Crippen LogP contribution in [-0.4, -0.2) is 20.6 Å². The molecule has 0 aliphatic carbocycles. The van der Waals surface area contributed by atoms with Crippen LogP contribution in [0.25, 0.3) is 0 Å². The summed E-state index contributed by atoms with van der Waals surface area (Å²) in [5, 5.41) is 17.5. The van der Waals surface area contributed by atoms with E-state index in [0.717, 1.165) is 4.47 Å². The van der Waals surface area contributed by atoms with Gasteiger partial charge in [-0.05, 0) is 47.8 Å². The molecule has 1 heterocycles. The number of carbonyl (C=O) groups excluding carboxylic acids is 1. The van der Waals surface area contributed by atoms with Crippen molar-refractivity contribution in [3.63, 3.8) is 0 Å². The Kier molecular flexibility index (Phi) is 5.70. The van der Waals surface area contributed by atoms with E-state index in [9.17, 15) is 14.9 Å². The molecular weight excluding hydrogens is 488 g/mol. The van der Waals surface area contributed by atoms with Gasteiger partial charge in [0, 0.05) is 40.2 Å². The molecule has 22 heavy (non-hydrogen) atoms. The summed E-state index contributed by atoms with van der Waals surface area (Å²) in [6, 6.07) is 2.68. The first-order chi connectivity index (χ1) is 10.4. The third-order valence-corrected chi connectivity index (χ3v) is 4.33. The highest BCUT2D eigenvalue weighted by Gasteiger charge is 2.15. The average molecular weight is 497 g/mol. The number of hydrogen-bond acceptors (Lipinski definition) is 4. The van der Waals surface area contributed by atoms with E-state index in [4.69, 9.17) is 0 Å². The summed E-state index contributed by atoms with van der Waals surface area (Å²) in [5.41, 5.74) is 0.385. The van der Waals surface area contributed by atoms with Crippen molar-refractivity contribution in [2.45, 2.75) is 13.0 Å². The number of non-ortho nitro benzene ring substituents is 1. The highest BCUT2D eigenvalue weighted by molar-refractivity contribution is 9.11. The van der Waals surface area contributed by atoms with Gasteiger partial charge in [-0.1, -0.05) is 0 Å². The maximum Gasteiger partial charge on any atom is 0.271 e. The van der Waals surface area contributed by atoms with E-state index in [1.807, 2.05) is 0 Å². The van der Waals surface area contributed by atoms with Crippen LogP contribution in [0.5, 0.6) is 0 Å². The van der Waals surface area contributed by atoms with Crippen LogP contribution in [0.2, 0.25) is 0 Å². The summed E-state index contributed by atoms with van der Waals surface area (Å²) < 4.78 is 3.35. The molecule has 0 atom stereocenters. The highest BCUT2D eigenvalue weighted by atomic mass is 79.9. The molecule has 0 spiro atoms. The molecule has 0 aliphatic rings. The van der Waals surface area contributed by atoms with Crippen molar-refractivity contribution in [2.24, 2.45) is 0 Å². The monoisotopic (exact) mass is 494 g/mol. The van der Waals surface area contributed by atoms with Crippen molar-refractivity contribution in [1.82, 2.24) is 9.78 Å². The molecular formula is C12H9Br3N4O3. The lowest BCUT2D eigenvalue weighted by Gasteiger charge is -2.09. The number of nitrogens with one attached hydrogen (secondary N) is 1. The first-order valence-corrected chi connectivity index (χ1v) is 8.36. The van der Waals surface area contributed by atoms with Crippen LogP contribution >= 0.6 is 47.8 Å². The number of benzene rings is 1. The maximum atomic E-state index is 12.0. The normalized spacial score (nSPS) is 10.5.